The van der Waals surface area contributed by atoms with Gasteiger partial charge in [-0.15, -0.1) is 24.0 Å². The summed E-state index contributed by atoms with van der Waals surface area (Å²) in [6, 6.07) is 3.82. The van der Waals surface area contributed by atoms with E-state index in [4.69, 9.17) is 14.1 Å². The molecule has 2 aliphatic heterocycles. The number of ether oxygens (including phenoxy) is 1. The molecule has 0 saturated carbocycles. The SMILES string of the molecule is CCNS(=O)(=O)C1CCN(C(=NCC2CCCO2)NCCc2ccco2)C1.I. The van der Waals surface area contributed by atoms with Crippen LogP contribution < -0.4 is 10.0 Å². The Balaban J connectivity index is 0.00000280. The number of nitrogens with one attached hydrogen (secondary N) is 2. The van der Waals surface area contributed by atoms with Crippen LogP contribution in [0.3, 0.4) is 0 Å². The predicted octanol–water partition coefficient (Wildman–Crippen LogP) is 1.58. The van der Waals surface area contributed by atoms with Crippen LogP contribution in [0.2, 0.25) is 0 Å². The van der Waals surface area contributed by atoms with Crippen molar-refractivity contribution in [2.75, 3.05) is 39.3 Å². The Morgan fingerprint density at radius 3 is 2.93 bits per heavy atom. The summed E-state index contributed by atoms with van der Waals surface area (Å²) < 4.78 is 38.3. The predicted molar refractivity (Wildman–Crippen MR) is 120 cm³/mol. The van der Waals surface area contributed by atoms with E-state index in [0.717, 1.165) is 37.6 Å². The van der Waals surface area contributed by atoms with E-state index < -0.39 is 15.3 Å². The minimum absolute atomic E-state index is 0. The monoisotopic (exact) mass is 526 g/mol. The third kappa shape index (κ3) is 6.60. The lowest BCUT2D eigenvalue weighted by Gasteiger charge is -2.22. The number of likely N-dealkylation sites (tertiary alicyclic amines) is 1. The number of halogens is 1. The molecule has 2 N–H and O–H groups in total. The zero-order valence-corrected chi connectivity index (χ0v) is 19.4. The molecule has 0 bridgehead atoms. The number of nitrogens with zero attached hydrogens (tertiary/aromatic N) is 2. The maximum Gasteiger partial charge on any atom is 0.216 e. The molecule has 1 aromatic heterocycles. The summed E-state index contributed by atoms with van der Waals surface area (Å²) >= 11 is 0. The summed E-state index contributed by atoms with van der Waals surface area (Å²) in [7, 11) is -3.28. The molecular weight excluding hydrogens is 495 g/mol. The van der Waals surface area contributed by atoms with Crippen molar-refractivity contribution >= 4 is 40.0 Å². The number of hydrogen-bond donors (Lipinski definition) is 2. The van der Waals surface area contributed by atoms with E-state index in [0.29, 0.717) is 39.1 Å². The molecule has 0 spiro atoms. The van der Waals surface area contributed by atoms with Crippen LogP contribution in [0, 0.1) is 0 Å². The first kappa shape index (κ1) is 23.4. The number of guanidine groups is 1. The molecule has 2 unspecified atom stereocenters. The number of rotatable bonds is 8. The molecule has 28 heavy (non-hydrogen) atoms. The Morgan fingerprint density at radius 2 is 2.25 bits per heavy atom. The van der Waals surface area contributed by atoms with Gasteiger partial charge in [-0.2, -0.15) is 0 Å². The zero-order valence-electron chi connectivity index (χ0n) is 16.3. The number of furan rings is 1. The normalized spacial score (nSPS) is 23.0. The molecular formula is C18H31IN4O4S. The quantitative estimate of drug-likeness (QED) is 0.304. The van der Waals surface area contributed by atoms with Gasteiger partial charge in [0.2, 0.25) is 10.0 Å². The van der Waals surface area contributed by atoms with E-state index in [9.17, 15) is 8.42 Å². The van der Waals surface area contributed by atoms with Crippen molar-refractivity contribution < 1.29 is 17.6 Å². The molecule has 160 valence electrons. The van der Waals surface area contributed by atoms with Gasteiger partial charge in [-0.25, -0.2) is 13.1 Å². The van der Waals surface area contributed by atoms with Gasteiger partial charge in [-0.05, 0) is 31.4 Å². The molecule has 0 radical (unpaired) electrons. The minimum Gasteiger partial charge on any atom is -0.469 e. The van der Waals surface area contributed by atoms with Gasteiger partial charge in [-0.1, -0.05) is 6.92 Å². The van der Waals surface area contributed by atoms with Crippen LogP contribution in [0.4, 0.5) is 0 Å². The van der Waals surface area contributed by atoms with Gasteiger partial charge in [0.1, 0.15) is 5.76 Å². The van der Waals surface area contributed by atoms with Gasteiger partial charge in [-0.3, -0.25) is 4.99 Å². The van der Waals surface area contributed by atoms with Crippen molar-refractivity contribution in [3.05, 3.63) is 24.2 Å². The highest BCUT2D eigenvalue weighted by Crippen LogP contribution is 2.17. The molecule has 3 rings (SSSR count). The maximum absolute atomic E-state index is 12.3. The second kappa shape index (κ2) is 11.4. The third-order valence-corrected chi connectivity index (χ3v) is 6.89. The van der Waals surface area contributed by atoms with Crippen LogP contribution in [0.5, 0.6) is 0 Å². The van der Waals surface area contributed by atoms with Gasteiger partial charge >= 0.3 is 0 Å². The van der Waals surface area contributed by atoms with E-state index in [1.54, 1.807) is 13.2 Å². The second-order valence-electron chi connectivity index (χ2n) is 6.96. The molecule has 3 heterocycles. The van der Waals surface area contributed by atoms with Crippen molar-refractivity contribution in [2.45, 2.75) is 44.0 Å². The largest absolute Gasteiger partial charge is 0.469 e. The van der Waals surface area contributed by atoms with Crippen molar-refractivity contribution in [2.24, 2.45) is 4.99 Å². The van der Waals surface area contributed by atoms with Crippen molar-refractivity contribution in [1.82, 2.24) is 14.9 Å². The van der Waals surface area contributed by atoms with Crippen LogP contribution >= 0.6 is 24.0 Å². The lowest BCUT2D eigenvalue weighted by Crippen LogP contribution is -2.43. The first-order valence-corrected chi connectivity index (χ1v) is 11.3. The highest BCUT2D eigenvalue weighted by molar-refractivity contribution is 14.0. The van der Waals surface area contributed by atoms with Gasteiger partial charge in [0.25, 0.3) is 0 Å². The molecule has 10 heteroatoms. The lowest BCUT2D eigenvalue weighted by atomic mass is 10.2. The first-order chi connectivity index (χ1) is 13.1. The van der Waals surface area contributed by atoms with Crippen LogP contribution in [-0.2, 0) is 21.2 Å². The molecule has 0 amide bonds. The average Bonchev–Trinajstić information content (AvgIpc) is 3.40. The van der Waals surface area contributed by atoms with E-state index in [2.05, 4.69) is 10.0 Å². The van der Waals surface area contributed by atoms with Crippen molar-refractivity contribution in [1.29, 1.82) is 0 Å². The Kier molecular flexibility index (Phi) is 9.51. The Hall–Kier alpha value is -0.850. The summed E-state index contributed by atoms with van der Waals surface area (Å²) in [5.74, 6) is 1.67. The van der Waals surface area contributed by atoms with Crippen molar-refractivity contribution in [3.8, 4) is 0 Å². The first-order valence-electron chi connectivity index (χ1n) is 9.74. The molecule has 8 nitrogen and oxygen atoms in total. The zero-order chi connectivity index (χ0) is 19.1. The second-order valence-corrected chi connectivity index (χ2v) is 9.00. The fourth-order valence-corrected chi connectivity index (χ4v) is 4.92. The molecule has 0 aromatic carbocycles. The Labute approximate surface area is 184 Å². The fourth-order valence-electron chi connectivity index (χ4n) is 3.49. The van der Waals surface area contributed by atoms with Crippen LogP contribution in [-0.4, -0.2) is 70.0 Å². The number of hydrogen-bond acceptors (Lipinski definition) is 5. The highest BCUT2D eigenvalue weighted by Gasteiger charge is 2.34. The summed E-state index contributed by atoms with van der Waals surface area (Å²) in [5.41, 5.74) is 0. The van der Waals surface area contributed by atoms with E-state index >= 15 is 0 Å². The molecule has 0 aliphatic carbocycles. The Bertz CT molecular complexity index is 705. The van der Waals surface area contributed by atoms with Gasteiger partial charge in [0, 0.05) is 39.2 Å². The van der Waals surface area contributed by atoms with Crippen LogP contribution in [0.25, 0.3) is 0 Å². The van der Waals surface area contributed by atoms with Gasteiger partial charge in [0.15, 0.2) is 5.96 Å². The number of sulfonamides is 1. The van der Waals surface area contributed by atoms with E-state index in [1.807, 2.05) is 17.0 Å². The molecule has 2 aliphatic rings. The topological polar surface area (TPSA) is 96.2 Å². The van der Waals surface area contributed by atoms with Crippen LogP contribution in [0.15, 0.2) is 27.8 Å². The smallest absolute Gasteiger partial charge is 0.216 e. The number of aliphatic imine (C=N–C) groups is 1. The van der Waals surface area contributed by atoms with Crippen LogP contribution in [0.1, 0.15) is 31.9 Å². The molecule has 2 fully saturated rings. The fraction of sp³-hybridized carbons (Fsp3) is 0.722. The van der Waals surface area contributed by atoms with E-state index in [-0.39, 0.29) is 30.1 Å². The summed E-state index contributed by atoms with van der Waals surface area (Å²) in [6.45, 7) is 5.42. The highest BCUT2D eigenvalue weighted by atomic mass is 127. The molecule has 2 atom stereocenters. The van der Waals surface area contributed by atoms with Gasteiger partial charge < -0.3 is 19.4 Å². The van der Waals surface area contributed by atoms with Gasteiger partial charge in [0.05, 0.1) is 24.2 Å². The van der Waals surface area contributed by atoms with Crippen molar-refractivity contribution in [3.63, 3.8) is 0 Å². The summed E-state index contributed by atoms with van der Waals surface area (Å²) in [5, 5.41) is 2.97. The lowest BCUT2D eigenvalue weighted by molar-refractivity contribution is 0.117. The Morgan fingerprint density at radius 1 is 1.39 bits per heavy atom. The third-order valence-electron chi connectivity index (χ3n) is 4.93. The summed E-state index contributed by atoms with van der Waals surface area (Å²) in [4.78, 5) is 6.77. The maximum atomic E-state index is 12.3. The molecule has 2 saturated heterocycles. The van der Waals surface area contributed by atoms with E-state index in [1.165, 1.54) is 0 Å². The standard InChI is InChI=1S/C18H30N4O4S.HI/c1-2-21-27(23,24)17-8-10-22(14-17)18(20-13-16-6-4-12-26-16)19-9-7-15-5-3-11-25-15;/h3,5,11,16-17,21H,2,4,6-10,12-14H2,1H3,(H,19,20);1H. The average molecular weight is 526 g/mol. The summed E-state index contributed by atoms with van der Waals surface area (Å²) in [6.07, 6.45) is 5.29. The molecule has 1 aromatic rings. The minimum atomic E-state index is -3.28.